The SMILES string of the molecule is Bc1cnn2c(CCCCNC(=O)c3ccc4c(c3)OCO4)cc(C3=C(O)CCC=C3)nc12. The van der Waals surface area contributed by atoms with Gasteiger partial charge in [-0.1, -0.05) is 12.2 Å². The van der Waals surface area contributed by atoms with Gasteiger partial charge in [-0.25, -0.2) is 9.50 Å². The van der Waals surface area contributed by atoms with Crippen LogP contribution in [0.3, 0.4) is 0 Å². The van der Waals surface area contributed by atoms with Gasteiger partial charge in [-0.2, -0.15) is 5.10 Å². The number of nitrogens with zero attached hydrogens (tertiary/aromatic N) is 3. The molecule has 0 saturated heterocycles. The first-order valence-electron chi connectivity index (χ1n) is 11.2. The van der Waals surface area contributed by atoms with Gasteiger partial charge in [-0.15, -0.1) is 0 Å². The van der Waals surface area contributed by atoms with Crippen LogP contribution in [0.2, 0.25) is 0 Å². The molecular formula is C24H25BN4O4. The van der Waals surface area contributed by atoms with Gasteiger partial charge in [0.2, 0.25) is 6.79 Å². The summed E-state index contributed by atoms with van der Waals surface area (Å²) in [5.41, 5.74) is 4.93. The van der Waals surface area contributed by atoms with Gasteiger partial charge in [0.05, 0.1) is 5.69 Å². The van der Waals surface area contributed by atoms with Crippen LogP contribution in [0.15, 0.2) is 48.4 Å². The molecule has 3 heterocycles. The van der Waals surface area contributed by atoms with Crippen LogP contribution in [0.5, 0.6) is 11.5 Å². The van der Waals surface area contributed by atoms with Gasteiger partial charge in [-0.05, 0) is 55.4 Å². The Balaban J connectivity index is 1.22. The minimum absolute atomic E-state index is 0.129. The number of ether oxygens (including phenoxy) is 2. The molecule has 0 fully saturated rings. The number of aryl methyl sites for hydroxylation is 1. The number of hydrogen-bond donors (Lipinski definition) is 2. The van der Waals surface area contributed by atoms with Gasteiger partial charge in [0.15, 0.2) is 11.5 Å². The molecule has 2 aromatic heterocycles. The Kier molecular flexibility index (Phi) is 5.77. The van der Waals surface area contributed by atoms with Gasteiger partial charge in [-0.3, -0.25) is 4.79 Å². The van der Waals surface area contributed by atoms with E-state index < -0.39 is 0 Å². The van der Waals surface area contributed by atoms with E-state index in [-0.39, 0.29) is 12.7 Å². The molecule has 1 amide bonds. The van der Waals surface area contributed by atoms with Crippen LogP contribution in [0, 0.1) is 0 Å². The maximum absolute atomic E-state index is 12.4. The molecule has 2 N–H and O–H groups in total. The highest BCUT2D eigenvalue weighted by molar-refractivity contribution is 6.36. The van der Waals surface area contributed by atoms with Gasteiger partial charge in [0.25, 0.3) is 5.91 Å². The number of amides is 1. The van der Waals surface area contributed by atoms with Crippen molar-refractivity contribution in [2.24, 2.45) is 0 Å². The zero-order valence-electron chi connectivity index (χ0n) is 18.5. The third-order valence-corrected chi connectivity index (χ3v) is 5.92. The smallest absolute Gasteiger partial charge is 0.251 e. The molecule has 2 aliphatic rings. The van der Waals surface area contributed by atoms with Crippen LogP contribution in [0.1, 0.15) is 47.4 Å². The largest absolute Gasteiger partial charge is 0.512 e. The lowest BCUT2D eigenvalue weighted by atomic mass is 9.98. The van der Waals surface area contributed by atoms with Crippen molar-refractivity contribution < 1.29 is 19.4 Å². The highest BCUT2D eigenvalue weighted by Gasteiger charge is 2.17. The van der Waals surface area contributed by atoms with E-state index in [0.29, 0.717) is 35.8 Å². The number of aliphatic hydroxyl groups excluding tert-OH is 1. The third kappa shape index (κ3) is 4.31. The number of carbonyl (C=O) groups excluding carboxylic acids is 1. The fraction of sp³-hybridized carbons (Fsp3) is 0.292. The first-order chi connectivity index (χ1) is 16.1. The second-order valence-electron chi connectivity index (χ2n) is 8.28. The molecule has 1 aliphatic carbocycles. The molecular weight excluding hydrogens is 419 g/mol. The van der Waals surface area contributed by atoms with Gasteiger partial charge in [0, 0.05) is 36.0 Å². The zero-order chi connectivity index (χ0) is 22.8. The lowest BCUT2D eigenvalue weighted by Gasteiger charge is -2.13. The Morgan fingerprint density at radius 2 is 2.09 bits per heavy atom. The van der Waals surface area contributed by atoms with Crippen LogP contribution in [-0.2, 0) is 6.42 Å². The number of carbonyl (C=O) groups is 1. The number of aliphatic hydroxyl groups is 1. The average Bonchev–Trinajstić information content (AvgIpc) is 3.45. The van der Waals surface area contributed by atoms with Crippen molar-refractivity contribution in [2.45, 2.75) is 32.1 Å². The van der Waals surface area contributed by atoms with E-state index in [2.05, 4.69) is 16.5 Å². The summed E-state index contributed by atoms with van der Waals surface area (Å²) in [5, 5.41) is 17.8. The molecule has 9 heteroatoms. The normalized spacial score (nSPS) is 14.8. The quantitative estimate of drug-likeness (QED) is 0.428. The van der Waals surface area contributed by atoms with Crippen molar-refractivity contribution in [1.82, 2.24) is 19.9 Å². The van der Waals surface area contributed by atoms with Crippen LogP contribution >= 0.6 is 0 Å². The first kappa shape index (κ1) is 21.1. The van der Waals surface area contributed by atoms with Crippen molar-refractivity contribution in [3.8, 4) is 11.5 Å². The summed E-state index contributed by atoms with van der Waals surface area (Å²) in [7, 11) is 1.99. The number of hydrogen-bond acceptors (Lipinski definition) is 6. The molecule has 0 atom stereocenters. The maximum atomic E-state index is 12.4. The molecule has 5 rings (SSSR count). The van der Waals surface area contributed by atoms with E-state index in [1.807, 2.05) is 30.7 Å². The molecule has 1 aromatic carbocycles. The molecule has 0 saturated carbocycles. The lowest BCUT2D eigenvalue weighted by Crippen LogP contribution is -2.24. The number of rotatable bonds is 7. The number of unbranched alkanes of at least 4 members (excludes halogenated alkanes) is 1. The molecule has 0 radical (unpaired) electrons. The van der Waals surface area contributed by atoms with Crippen molar-refractivity contribution in [1.29, 1.82) is 0 Å². The maximum Gasteiger partial charge on any atom is 0.251 e. The molecule has 1 aliphatic heterocycles. The molecule has 0 spiro atoms. The standard InChI is InChI=1S/C24H25BN4O4/c25-18-13-27-29-16(12-19(28-23(18)29)17-6-1-2-7-20(17)30)5-3-4-10-26-24(31)15-8-9-21-22(11-15)33-14-32-21/h1,6,8-9,11-13,30H,2-5,7,10,14,25H2,(H,26,31). The van der Waals surface area contributed by atoms with E-state index in [1.54, 1.807) is 18.2 Å². The number of allylic oxidation sites excluding steroid dienone is 4. The van der Waals surface area contributed by atoms with Crippen molar-refractivity contribution in [3.05, 3.63) is 65.3 Å². The number of aromatic nitrogens is 3. The molecule has 33 heavy (non-hydrogen) atoms. The summed E-state index contributed by atoms with van der Waals surface area (Å²) < 4.78 is 12.5. The Labute approximate surface area is 192 Å². The van der Waals surface area contributed by atoms with Crippen LogP contribution in [0.4, 0.5) is 0 Å². The predicted octanol–water partition coefficient (Wildman–Crippen LogP) is 2.09. The third-order valence-electron chi connectivity index (χ3n) is 5.92. The van der Waals surface area contributed by atoms with E-state index in [4.69, 9.17) is 14.5 Å². The van der Waals surface area contributed by atoms with Crippen LogP contribution in [0.25, 0.3) is 11.2 Å². The lowest BCUT2D eigenvalue weighted by molar-refractivity contribution is 0.0952. The second-order valence-corrected chi connectivity index (χ2v) is 8.28. The predicted molar refractivity (Wildman–Crippen MR) is 127 cm³/mol. The van der Waals surface area contributed by atoms with Gasteiger partial charge < -0.3 is 19.9 Å². The summed E-state index contributed by atoms with van der Waals surface area (Å²) in [6, 6.07) is 7.20. The molecule has 8 nitrogen and oxygen atoms in total. The highest BCUT2D eigenvalue weighted by atomic mass is 16.7. The fourth-order valence-corrected chi connectivity index (χ4v) is 4.11. The monoisotopic (exact) mass is 444 g/mol. The molecule has 3 aromatic rings. The van der Waals surface area contributed by atoms with Gasteiger partial charge in [0.1, 0.15) is 19.3 Å². The minimum Gasteiger partial charge on any atom is -0.512 e. The average molecular weight is 444 g/mol. The summed E-state index contributed by atoms with van der Waals surface area (Å²) in [5.74, 6) is 1.51. The van der Waals surface area contributed by atoms with E-state index in [0.717, 1.165) is 53.8 Å². The highest BCUT2D eigenvalue weighted by Crippen LogP contribution is 2.32. The fourth-order valence-electron chi connectivity index (χ4n) is 4.11. The van der Waals surface area contributed by atoms with Crippen molar-refractivity contribution >= 4 is 30.4 Å². The molecule has 0 unspecified atom stereocenters. The Bertz CT molecular complexity index is 1280. The van der Waals surface area contributed by atoms with Crippen LogP contribution < -0.4 is 20.3 Å². The summed E-state index contributed by atoms with van der Waals surface area (Å²) in [6.07, 6.45) is 9.77. The first-order valence-corrected chi connectivity index (χ1v) is 11.2. The van der Waals surface area contributed by atoms with E-state index in [1.165, 1.54) is 0 Å². The zero-order valence-corrected chi connectivity index (χ0v) is 18.5. The van der Waals surface area contributed by atoms with Gasteiger partial charge >= 0.3 is 0 Å². The summed E-state index contributed by atoms with van der Waals surface area (Å²) in [6.45, 7) is 0.758. The Morgan fingerprint density at radius 3 is 2.97 bits per heavy atom. The number of nitrogens with one attached hydrogen (secondary N) is 1. The summed E-state index contributed by atoms with van der Waals surface area (Å²) >= 11 is 0. The number of benzene rings is 1. The molecule has 0 bridgehead atoms. The Hall–Kier alpha value is -3.75. The Morgan fingerprint density at radius 1 is 1.21 bits per heavy atom. The summed E-state index contributed by atoms with van der Waals surface area (Å²) in [4.78, 5) is 17.2. The second kappa shape index (κ2) is 9.01. The minimum atomic E-state index is -0.129. The van der Waals surface area contributed by atoms with Crippen molar-refractivity contribution in [2.75, 3.05) is 13.3 Å². The van der Waals surface area contributed by atoms with E-state index >= 15 is 0 Å². The van der Waals surface area contributed by atoms with Crippen molar-refractivity contribution in [3.63, 3.8) is 0 Å². The van der Waals surface area contributed by atoms with Crippen LogP contribution in [-0.4, -0.2) is 46.8 Å². The number of fused-ring (bicyclic) bond motifs is 2. The molecule has 168 valence electrons. The van der Waals surface area contributed by atoms with E-state index in [9.17, 15) is 9.90 Å². The topological polar surface area (TPSA) is 98.0 Å².